The zero-order valence-corrected chi connectivity index (χ0v) is 13.1. The van der Waals surface area contributed by atoms with Gasteiger partial charge in [0.25, 0.3) is 0 Å². The second kappa shape index (κ2) is 11.1. The van der Waals surface area contributed by atoms with Gasteiger partial charge >= 0.3 is 0 Å². The van der Waals surface area contributed by atoms with E-state index in [1.54, 1.807) is 4.90 Å². The molecule has 1 aromatic rings. The number of amides is 1. The normalized spacial score (nSPS) is 10.4. The molecule has 1 rings (SSSR count). The third-order valence-corrected chi connectivity index (χ3v) is 3.42. The Bertz CT molecular complexity index is 382. The molecule has 1 aromatic carbocycles. The second-order valence-corrected chi connectivity index (χ2v) is 5.28. The summed E-state index contributed by atoms with van der Waals surface area (Å²) in [5.74, 6) is 1.11. The lowest BCUT2D eigenvalue weighted by Gasteiger charge is -2.17. The Labute approximate surface area is 128 Å². The zero-order chi connectivity index (χ0) is 15.3. The molecule has 2 N–H and O–H groups in total. The minimum atomic E-state index is 0.224. The van der Waals surface area contributed by atoms with Gasteiger partial charge in [0.1, 0.15) is 5.75 Å². The number of rotatable bonds is 11. The van der Waals surface area contributed by atoms with Gasteiger partial charge in [-0.3, -0.25) is 4.79 Å². The SMILES string of the molecule is CN(CCCOc1ccccc1)C(=O)CCCCCCN. The molecular weight excluding hydrogens is 264 g/mol. The number of ether oxygens (including phenoxy) is 1. The van der Waals surface area contributed by atoms with Gasteiger partial charge < -0.3 is 15.4 Å². The minimum Gasteiger partial charge on any atom is -0.494 e. The largest absolute Gasteiger partial charge is 0.494 e. The van der Waals surface area contributed by atoms with Crippen molar-refractivity contribution in [2.24, 2.45) is 5.73 Å². The second-order valence-electron chi connectivity index (χ2n) is 5.28. The highest BCUT2D eigenvalue weighted by molar-refractivity contribution is 5.75. The number of carbonyl (C=O) groups excluding carboxylic acids is 1. The summed E-state index contributed by atoms with van der Waals surface area (Å²) in [5.41, 5.74) is 5.44. The number of benzene rings is 1. The Morgan fingerprint density at radius 2 is 1.81 bits per heavy atom. The zero-order valence-electron chi connectivity index (χ0n) is 13.1. The molecule has 21 heavy (non-hydrogen) atoms. The van der Waals surface area contributed by atoms with Crippen molar-refractivity contribution >= 4 is 5.91 Å². The number of hydrogen-bond acceptors (Lipinski definition) is 3. The van der Waals surface area contributed by atoms with Gasteiger partial charge in [-0.15, -0.1) is 0 Å². The molecule has 0 bridgehead atoms. The van der Waals surface area contributed by atoms with Crippen LogP contribution in [0.3, 0.4) is 0 Å². The van der Waals surface area contributed by atoms with Crippen molar-refractivity contribution in [2.75, 3.05) is 26.7 Å². The summed E-state index contributed by atoms with van der Waals surface area (Å²) in [7, 11) is 1.87. The third kappa shape index (κ3) is 8.35. The van der Waals surface area contributed by atoms with Crippen LogP contribution in [0.5, 0.6) is 5.75 Å². The predicted octanol–water partition coefficient (Wildman–Crippen LogP) is 2.82. The molecule has 0 saturated heterocycles. The number of para-hydroxylation sites is 1. The molecule has 118 valence electrons. The van der Waals surface area contributed by atoms with Gasteiger partial charge in [0.05, 0.1) is 6.61 Å². The lowest BCUT2D eigenvalue weighted by Crippen LogP contribution is -2.28. The summed E-state index contributed by atoms with van der Waals surface area (Å²) in [4.78, 5) is 13.7. The smallest absolute Gasteiger partial charge is 0.222 e. The van der Waals surface area contributed by atoms with E-state index >= 15 is 0 Å². The molecule has 0 radical (unpaired) electrons. The van der Waals surface area contributed by atoms with Crippen LogP contribution in [0.2, 0.25) is 0 Å². The summed E-state index contributed by atoms with van der Waals surface area (Å²) >= 11 is 0. The molecule has 0 aliphatic rings. The van der Waals surface area contributed by atoms with Crippen molar-refractivity contribution in [1.82, 2.24) is 4.90 Å². The van der Waals surface area contributed by atoms with Crippen LogP contribution in [-0.4, -0.2) is 37.6 Å². The first kappa shape index (κ1) is 17.5. The van der Waals surface area contributed by atoms with E-state index in [1.807, 2.05) is 37.4 Å². The highest BCUT2D eigenvalue weighted by Gasteiger charge is 2.07. The van der Waals surface area contributed by atoms with E-state index in [0.717, 1.165) is 50.9 Å². The number of carbonyl (C=O) groups is 1. The van der Waals surface area contributed by atoms with E-state index in [-0.39, 0.29) is 5.91 Å². The van der Waals surface area contributed by atoms with Gasteiger partial charge in [0, 0.05) is 20.0 Å². The number of nitrogens with two attached hydrogens (primary N) is 1. The predicted molar refractivity (Wildman–Crippen MR) is 86.3 cm³/mol. The van der Waals surface area contributed by atoms with Crippen molar-refractivity contribution < 1.29 is 9.53 Å². The summed E-state index contributed by atoms with van der Waals surface area (Å²) < 4.78 is 5.61. The van der Waals surface area contributed by atoms with Crippen LogP contribution < -0.4 is 10.5 Å². The van der Waals surface area contributed by atoms with Gasteiger partial charge in [-0.25, -0.2) is 0 Å². The quantitative estimate of drug-likeness (QED) is 0.638. The van der Waals surface area contributed by atoms with Gasteiger partial charge in [0.2, 0.25) is 5.91 Å². The fraction of sp³-hybridized carbons (Fsp3) is 0.588. The molecule has 0 saturated carbocycles. The maximum Gasteiger partial charge on any atom is 0.222 e. The first-order valence-corrected chi connectivity index (χ1v) is 7.86. The van der Waals surface area contributed by atoms with Crippen LogP contribution in [-0.2, 0) is 4.79 Å². The average molecular weight is 292 g/mol. The van der Waals surface area contributed by atoms with Crippen LogP contribution in [0.15, 0.2) is 30.3 Å². The van der Waals surface area contributed by atoms with Crippen LogP contribution in [0.4, 0.5) is 0 Å². The Morgan fingerprint density at radius 1 is 1.10 bits per heavy atom. The fourth-order valence-electron chi connectivity index (χ4n) is 2.10. The Morgan fingerprint density at radius 3 is 2.52 bits per heavy atom. The molecule has 4 nitrogen and oxygen atoms in total. The van der Waals surface area contributed by atoms with Crippen molar-refractivity contribution in [3.63, 3.8) is 0 Å². The highest BCUT2D eigenvalue weighted by atomic mass is 16.5. The lowest BCUT2D eigenvalue weighted by molar-refractivity contribution is -0.130. The van der Waals surface area contributed by atoms with E-state index < -0.39 is 0 Å². The van der Waals surface area contributed by atoms with Crippen LogP contribution in [0.1, 0.15) is 38.5 Å². The van der Waals surface area contributed by atoms with Crippen LogP contribution >= 0.6 is 0 Å². The molecule has 1 amide bonds. The van der Waals surface area contributed by atoms with Crippen molar-refractivity contribution in [2.45, 2.75) is 38.5 Å². The summed E-state index contributed by atoms with van der Waals surface area (Å²) in [6.45, 7) is 2.13. The molecule has 0 fully saturated rings. The molecule has 0 aromatic heterocycles. The average Bonchev–Trinajstić information content (AvgIpc) is 2.52. The first-order chi connectivity index (χ1) is 10.2. The van der Waals surface area contributed by atoms with E-state index in [2.05, 4.69) is 0 Å². The first-order valence-electron chi connectivity index (χ1n) is 7.86. The maximum atomic E-state index is 11.9. The molecule has 0 aliphatic carbocycles. The summed E-state index contributed by atoms with van der Waals surface area (Å²) in [5, 5.41) is 0. The van der Waals surface area contributed by atoms with E-state index in [9.17, 15) is 4.79 Å². The van der Waals surface area contributed by atoms with E-state index in [1.165, 1.54) is 0 Å². The fourth-order valence-corrected chi connectivity index (χ4v) is 2.10. The summed E-state index contributed by atoms with van der Waals surface area (Å²) in [6.07, 6.45) is 5.72. The molecule has 0 unspecified atom stereocenters. The van der Waals surface area contributed by atoms with Crippen LogP contribution in [0.25, 0.3) is 0 Å². The molecule has 0 spiro atoms. The van der Waals surface area contributed by atoms with Crippen LogP contribution in [0, 0.1) is 0 Å². The Hall–Kier alpha value is -1.55. The maximum absolute atomic E-state index is 11.9. The Kier molecular flexibility index (Phi) is 9.29. The molecule has 0 heterocycles. The Balaban J connectivity index is 2.04. The van der Waals surface area contributed by atoms with Gasteiger partial charge in [-0.1, -0.05) is 31.0 Å². The molecule has 4 heteroatoms. The topological polar surface area (TPSA) is 55.6 Å². The number of hydrogen-bond donors (Lipinski definition) is 1. The minimum absolute atomic E-state index is 0.224. The molecular formula is C17H28N2O2. The van der Waals surface area contributed by atoms with Crippen molar-refractivity contribution in [1.29, 1.82) is 0 Å². The molecule has 0 atom stereocenters. The van der Waals surface area contributed by atoms with Crippen molar-refractivity contribution in [3.8, 4) is 5.75 Å². The van der Waals surface area contributed by atoms with E-state index in [4.69, 9.17) is 10.5 Å². The van der Waals surface area contributed by atoms with Gasteiger partial charge in [-0.2, -0.15) is 0 Å². The third-order valence-electron chi connectivity index (χ3n) is 3.42. The summed E-state index contributed by atoms with van der Waals surface area (Å²) in [6, 6.07) is 9.75. The van der Waals surface area contributed by atoms with Gasteiger partial charge in [0.15, 0.2) is 0 Å². The standard InChI is InChI=1S/C17H28N2O2/c1-19(17(20)12-7-2-3-8-13-18)14-9-15-21-16-10-5-4-6-11-16/h4-6,10-11H,2-3,7-9,12-15,18H2,1H3. The molecule has 0 aliphatic heterocycles. The monoisotopic (exact) mass is 292 g/mol. The van der Waals surface area contributed by atoms with Crippen molar-refractivity contribution in [3.05, 3.63) is 30.3 Å². The lowest BCUT2D eigenvalue weighted by atomic mass is 10.1. The number of unbranched alkanes of at least 4 members (excludes halogenated alkanes) is 3. The van der Waals surface area contributed by atoms with E-state index in [0.29, 0.717) is 13.0 Å². The van der Waals surface area contributed by atoms with Gasteiger partial charge in [-0.05, 0) is 37.9 Å². The highest BCUT2D eigenvalue weighted by Crippen LogP contribution is 2.09. The number of nitrogens with zero attached hydrogens (tertiary/aromatic N) is 1.